The Labute approximate surface area is 184 Å². The van der Waals surface area contributed by atoms with Crippen LogP contribution >= 0.6 is 0 Å². The standard InChI is InChI=1S/C23H30N2O5S/c1-17-8-5-6-11-22(17)29-13-12-24(4)23(26)20-9-7-10-21(14-20)31(27,28)25-15-18(2)30-19(3)16-25/h5-11,14,18-19H,12-13,15-16H2,1-4H3. The Kier molecular flexibility index (Phi) is 7.35. The number of rotatable bonds is 7. The summed E-state index contributed by atoms with van der Waals surface area (Å²) in [6.07, 6.45) is -0.356. The van der Waals surface area contributed by atoms with E-state index in [2.05, 4.69) is 0 Å². The smallest absolute Gasteiger partial charge is 0.253 e. The molecule has 1 aliphatic heterocycles. The van der Waals surface area contributed by atoms with Gasteiger partial charge in [0.25, 0.3) is 5.91 Å². The second kappa shape index (κ2) is 9.80. The van der Waals surface area contributed by atoms with Crippen molar-refractivity contribution in [3.63, 3.8) is 0 Å². The fraction of sp³-hybridized carbons (Fsp3) is 0.435. The van der Waals surface area contributed by atoms with E-state index in [0.717, 1.165) is 11.3 Å². The fourth-order valence-electron chi connectivity index (χ4n) is 3.60. The van der Waals surface area contributed by atoms with Gasteiger partial charge in [-0.1, -0.05) is 24.3 Å². The summed E-state index contributed by atoms with van der Waals surface area (Å²) >= 11 is 0. The summed E-state index contributed by atoms with van der Waals surface area (Å²) in [6, 6.07) is 13.9. The van der Waals surface area contributed by atoms with Crippen LogP contribution in [0.4, 0.5) is 0 Å². The Bertz CT molecular complexity index is 1010. The largest absolute Gasteiger partial charge is 0.491 e. The zero-order valence-electron chi connectivity index (χ0n) is 18.4. The number of nitrogens with zero attached hydrogens (tertiary/aromatic N) is 2. The van der Waals surface area contributed by atoms with Crippen LogP contribution in [0.25, 0.3) is 0 Å². The molecule has 0 N–H and O–H groups in total. The molecule has 31 heavy (non-hydrogen) atoms. The first-order valence-electron chi connectivity index (χ1n) is 10.4. The quantitative estimate of drug-likeness (QED) is 0.654. The van der Waals surface area contributed by atoms with Gasteiger partial charge in [-0.05, 0) is 50.6 Å². The maximum Gasteiger partial charge on any atom is 0.253 e. The van der Waals surface area contributed by atoms with E-state index < -0.39 is 10.0 Å². The van der Waals surface area contributed by atoms with Gasteiger partial charge in [0.2, 0.25) is 10.0 Å². The van der Waals surface area contributed by atoms with Crippen molar-refractivity contribution in [1.29, 1.82) is 0 Å². The van der Waals surface area contributed by atoms with Gasteiger partial charge in [-0.2, -0.15) is 4.31 Å². The summed E-state index contributed by atoms with van der Waals surface area (Å²) in [5.74, 6) is 0.527. The molecule has 2 aromatic rings. The Balaban J connectivity index is 1.67. The number of likely N-dealkylation sites (N-methyl/N-ethyl adjacent to an activating group) is 1. The van der Waals surface area contributed by atoms with Crippen LogP contribution in [0.15, 0.2) is 53.4 Å². The molecule has 0 aliphatic carbocycles. The van der Waals surface area contributed by atoms with E-state index >= 15 is 0 Å². The van der Waals surface area contributed by atoms with Gasteiger partial charge in [0.15, 0.2) is 0 Å². The maximum atomic E-state index is 13.1. The number of ether oxygens (including phenoxy) is 2. The highest BCUT2D eigenvalue weighted by molar-refractivity contribution is 7.89. The number of morpholine rings is 1. The van der Waals surface area contributed by atoms with E-state index in [1.807, 2.05) is 45.0 Å². The van der Waals surface area contributed by atoms with E-state index in [1.165, 1.54) is 21.3 Å². The van der Waals surface area contributed by atoms with Gasteiger partial charge in [0, 0.05) is 25.7 Å². The highest BCUT2D eigenvalue weighted by Gasteiger charge is 2.32. The molecule has 1 aliphatic rings. The summed E-state index contributed by atoms with van der Waals surface area (Å²) < 4.78 is 39.0. The first kappa shape index (κ1) is 23.2. The van der Waals surface area contributed by atoms with Gasteiger partial charge in [-0.25, -0.2) is 8.42 Å². The Morgan fingerprint density at radius 3 is 2.48 bits per heavy atom. The van der Waals surface area contributed by atoms with Gasteiger partial charge in [0.1, 0.15) is 12.4 Å². The number of hydrogen-bond donors (Lipinski definition) is 0. The lowest BCUT2D eigenvalue weighted by atomic mass is 10.2. The van der Waals surface area contributed by atoms with Crippen molar-refractivity contribution in [2.45, 2.75) is 37.9 Å². The van der Waals surface area contributed by atoms with Crippen LogP contribution in [0.5, 0.6) is 5.75 Å². The van der Waals surface area contributed by atoms with Gasteiger partial charge >= 0.3 is 0 Å². The Morgan fingerprint density at radius 2 is 1.81 bits per heavy atom. The molecule has 168 valence electrons. The van der Waals surface area contributed by atoms with Crippen molar-refractivity contribution in [2.75, 3.05) is 33.3 Å². The minimum Gasteiger partial charge on any atom is -0.491 e. The molecule has 3 rings (SSSR count). The normalized spacial score (nSPS) is 19.7. The van der Waals surface area contributed by atoms with Gasteiger partial charge in [0.05, 0.1) is 23.6 Å². The second-order valence-electron chi connectivity index (χ2n) is 7.95. The molecule has 8 heteroatoms. The predicted octanol–water partition coefficient (Wildman–Crippen LogP) is 2.94. The summed E-state index contributed by atoms with van der Waals surface area (Å²) in [7, 11) is -2.03. The first-order valence-corrected chi connectivity index (χ1v) is 11.8. The number of para-hydroxylation sites is 1. The van der Waals surface area contributed by atoms with Crippen molar-refractivity contribution in [3.05, 3.63) is 59.7 Å². The molecule has 0 spiro atoms. The molecule has 1 fully saturated rings. The molecule has 2 atom stereocenters. The zero-order valence-corrected chi connectivity index (χ0v) is 19.3. The zero-order chi connectivity index (χ0) is 22.6. The van der Waals surface area contributed by atoms with Crippen LogP contribution in [-0.2, 0) is 14.8 Å². The molecule has 2 aromatic carbocycles. The number of benzene rings is 2. The highest BCUT2D eigenvalue weighted by atomic mass is 32.2. The lowest BCUT2D eigenvalue weighted by Gasteiger charge is -2.34. The lowest BCUT2D eigenvalue weighted by Crippen LogP contribution is -2.48. The number of carbonyl (C=O) groups excluding carboxylic acids is 1. The van der Waals surface area contributed by atoms with E-state index in [0.29, 0.717) is 31.8 Å². The Morgan fingerprint density at radius 1 is 1.13 bits per heavy atom. The van der Waals surface area contributed by atoms with Crippen LogP contribution in [0.1, 0.15) is 29.8 Å². The fourth-order valence-corrected chi connectivity index (χ4v) is 5.24. The van der Waals surface area contributed by atoms with Gasteiger partial charge in [-0.3, -0.25) is 4.79 Å². The number of hydrogen-bond acceptors (Lipinski definition) is 5. The van der Waals surface area contributed by atoms with Crippen LogP contribution in [0.3, 0.4) is 0 Å². The van der Waals surface area contributed by atoms with Crippen LogP contribution in [0, 0.1) is 6.92 Å². The molecular weight excluding hydrogens is 416 g/mol. The van der Waals surface area contributed by atoms with Gasteiger partial charge < -0.3 is 14.4 Å². The number of amides is 1. The topological polar surface area (TPSA) is 76.2 Å². The van der Waals surface area contributed by atoms with Crippen molar-refractivity contribution in [3.8, 4) is 5.75 Å². The third kappa shape index (κ3) is 5.64. The van der Waals surface area contributed by atoms with E-state index in [9.17, 15) is 13.2 Å². The van der Waals surface area contributed by atoms with Crippen molar-refractivity contribution in [2.24, 2.45) is 0 Å². The van der Waals surface area contributed by atoms with Crippen LogP contribution in [-0.4, -0.2) is 69.0 Å². The number of aryl methyl sites for hydroxylation is 1. The first-order chi connectivity index (χ1) is 14.7. The molecule has 7 nitrogen and oxygen atoms in total. The Hall–Kier alpha value is -2.42. The number of sulfonamides is 1. The summed E-state index contributed by atoms with van der Waals surface area (Å²) in [5, 5.41) is 0. The van der Waals surface area contributed by atoms with E-state index in [-0.39, 0.29) is 23.0 Å². The molecular formula is C23H30N2O5S. The molecule has 1 saturated heterocycles. The molecule has 0 bridgehead atoms. The second-order valence-corrected chi connectivity index (χ2v) is 9.89. The summed E-state index contributed by atoms with van der Waals surface area (Å²) in [6.45, 7) is 6.98. The minimum atomic E-state index is -3.71. The van der Waals surface area contributed by atoms with Crippen molar-refractivity contribution >= 4 is 15.9 Å². The average molecular weight is 447 g/mol. The molecule has 0 radical (unpaired) electrons. The molecule has 2 unspecified atom stereocenters. The monoisotopic (exact) mass is 446 g/mol. The maximum absolute atomic E-state index is 13.1. The minimum absolute atomic E-state index is 0.115. The average Bonchev–Trinajstić information content (AvgIpc) is 2.74. The predicted molar refractivity (Wildman–Crippen MR) is 119 cm³/mol. The van der Waals surface area contributed by atoms with E-state index in [1.54, 1.807) is 19.2 Å². The molecule has 1 amide bonds. The number of carbonyl (C=O) groups is 1. The third-order valence-corrected chi connectivity index (χ3v) is 7.06. The lowest BCUT2D eigenvalue weighted by molar-refractivity contribution is -0.0440. The van der Waals surface area contributed by atoms with Gasteiger partial charge in [-0.15, -0.1) is 0 Å². The summed E-state index contributed by atoms with van der Waals surface area (Å²) in [4.78, 5) is 14.5. The van der Waals surface area contributed by atoms with Crippen LogP contribution < -0.4 is 4.74 Å². The van der Waals surface area contributed by atoms with Crippen LogP contribution in [0.2, 0.25) is 0 Å². The highest BCUT2D eigenvalue weighted by Crippen LogP contribution is 2.22. The molecule has 1 heterocycles. The summed E-state index contributed by atoms with van der Waals surface area (Å²) in [5.41, 5.74) is 1.36. The third-order valence-electron chi connectivity index (χ3n) is 5.23. The SMILES string of the molecule is Cc1ccccc1OCCN(C)C(=O)c1cccc(S(=O)(=O)N2CC(C)OC(C)C2)c1. The molecule has 0 aromatic heterocycles. The van der Waals surface area contributed by atoms with Crippen molar-refractivity contribution < 1.29 is 22.7 Å². The molecule has 0 saturated carbocycles. The van der Waals surface area contributed by atoms with E-state index in [4.69, 9.17) is 9.47 Å². The van der Waals surface area contributed by atoms with Crippen molar-refractivity contribution in [1.82, 2.24) is 9.21 Å².